The number of fused-ring (bicyclic) bond motifs is 1. The molecule has 2 aromatic carbocycles. The van der Waals surface area contributed by atoms with Gasteiger partial charge in [-0.1, -0.05) is 29.5 Å². The Morgan fingerprint density at radius 3 is 2.60 bits per heavy atom. The minimum absolute atomic E-state index is 0.0516. The molecule has 0 atom stereocenters. The Hall–Kier alpha value is -3.18. The van der Waals surface area contributed by atoms with Crippen LogP contribution in [0.25, 0.3) is 12.2 Å². The molecule has 1 N–H and O–H groups in total. The molecule has 11 heteroatoms. The second kappa shape index (κ2) is 6.96. The van der Waals surface area contributed by atoms with Gasteiger partial charge in [0.1, 0.15) is 0 Å². The monoisotopic (exact) mass is 452 g/mol. The highest BCUT2D eigenvalue weighted by atomic mass is 32.2. The van der Waals surface area contributed by atoms with E-state index in [4.69, 9.17) is 0 Å². The summed E-state index contributed by atoms with van der Waals surface area (Å²) in [5.74, 6) is -0.876. The fourth-order valence-corrected chi connectivity index (χ4v) is 5.39. The largest absolute Gasteiger partial charge is 0.493 e. The minimum Gasteiger partial charge on any atom is -0.493 e. The molecule has 0 aliphatic carbocycles. The third kappa shape index (κ3) is 3.35. The standard InChI is InChI=1S/C19H11F3N2O4S2/c20-19(21,22)12-4-2-5-13(10-12)30(27,28)24-17(25)16(29-18(24)26)9-11-3-1-6-15-14(11)7-8-23-15/h1-10,25H. The molecule has 3 aromatic rings. The van der Waals surface area contributed by atoms with Crippen molar-refractivity contribution in [3.63, 3.8) is 0 Å². The second-order valence-electron chi connectivity index (χ2n) is 6.22. The van der Waals surface area contributed by atoms with Gasteiger partial charge in [0, 0.05) is 11.4 Å². The predicted molar refractivity (Wildman–Crippen MR) is 106 cm³/mol. The molecule has 1 aliphatic heterocycles. The first-order valence-electron chi connectivity index (χ1n) is 8.32. The first kappa shape index (κ1) is 20.1. The molecule has 1 aromatic heterocycles. The van der Waals surface area contributed by atoms with Crippen molar-refractivity contribution >= 4 is 45.4 Å². The van der Waals surface area contributed by atoms with Crippen molar-refractivity contribution < 1.29 is 26.7 Å². The van der Waals surface area contributed by atoms with Crippen LogP contribution in [0.2, 0.25) is 0 Å². The summed E-state index contributed by atoms with van der Waals surface area (Å²) in [6.07, 6.45) is -0.0487. The summed E-state index contributed by atoms with van der Waals surface area (Å²) in [5, 5.41) is 11.8. The number of thiazole rings is 1. The maximum absolute atomic E-state index is 12.9. The Morgan fingerprint density at radius 2 is 1.87 bits per heavy atom. The summed E-state index contributed by atoms with van der Waals surface area (Å²) in [6.45, 7) is 0. The zero-order valence-electron chi connectivity index (χ0n) is 14.8. The van der Waals surface area contributed by atoms with E-state index >= 15 is 0 Å². The molecular weight excluding hydrogens is 441 g/mol. The van der Waals surface area contributed by atoms with Crippen molar-refractivity contribution in [2.45, 2.75) is 11.1 Å². The van der Waals surface area contributed by atoms with Gasteiger partial charge in [-0.15, -0.1) is 0 Å². The number of aromatic hydroxyl groups is 1. The summed E-state index contributed by atoms with van der Waals surface area (Å²) in [7, 11) is -4.75. The van der Waals surface area contributed by atoms with Crippen molar-refractivity contribution in [2.75, 3.05) is 0 Å². The van der Waals surface area contributed by atoms with Crippen molar-refractivity contribution in [3.8, 4) is 5.88 Å². The van der Waals surface area contributed by atoms with Gasteiger partial charge in [-0.2, -0.15) is 17.1 Å². The molecule has 154 valence electrons. The average Bonchev–Trinajstić information content (AvgIpc) is 3.26. The molecule has 0 radical (unpaired) electrons. The van der Waals surface area contributed by atoms with E-state index < -0.39 is 37.4 Å². The molecule has 0 saturated carbocycles. The number of aromatic nitrogens is 1. The van der Waals surface area contributed by atoms with Crippen LogP contribution in [0.15, 0.2) is 57.1 Å². The third-order valence-corrected chi connectivity index (χ3v) is 7.00. The summed E-state index contributed by atoms with van der Waals surface area (Å²) in [4.78, 5) is 14.6. The summed E-state index contributed by atoms with van der Waals surface area (Å²) in [6, 6.07) is 8.13. The quantitative estimate of drug-likeness (QED) is 0.660. The van der Waals surface area contributed by atoms with Gasteiger partial charge >= 0.3 is 11.0 Å². The SMILES string of the molecule is O=c1sc(C=c2cccc3c2=CC=N3)c(O)n1S(=O)(=O)c1cccc(C(F)(F)F)c1. The number of alkyl halides is 3. The first-order chi connectivity index (χ1) is 14.1. The van der Waals surface area contributed by atoms with Gasteiger partial charge in [0.25, 0.3) is 10.0 Å². The van der Waals surface area contributed by atoms with Crippen LogP contribution >= 0.6 is 11.3 Å². The third-order valence-electron chi connectivity index (χ3n) is 4.33. The number of benzene rings is 2. The van der Waals surface area contributed by atoms with Crippen LogP contribution in [-0.2, 0) is 16.2 Å². The Morgan fingerprint density at radius 1 is 1.13 bits per heavy atom. The zero-order chi connectivity index (χ0) is 21.7. The molecule has 0 saturated heterocycles. The normalized spacial score (nSPS) is 14.0. The molecule has 4 rings (SSSR count). The molecule has 30 heavy (non-hydrogen) atoms. The average molecular weight is 452 g/mol. The van der Waals surface area contributed by atoms with Crippen LogP contribution in [0.4, 0.5) is 18.9 Å². The highest BCUT2D eigenvalue weighted by Crippen LogP contribution is 2.32. The lowest BCUT2D eigenvalue weighted by Crippen LogP contribution is -2.23. The molecule has 1 aliphatic rings. The van der Waals surface area contributed by atoms with E-state index in [0.29, 0.717) is 34.4 Å². The molecule has 2 heterocycles. The minimum atomic E-state index is -4.77. The number of hydrogen-bond acceptors (Lipinski definition) is 6. The molecule has 0 unspecified atom stereocenters. The van der Waals surface area contributed by atoms with Crippen molar-refractivity contribution in [2.24, 2.45) is 4.99 Å². The highest BCUT2D eigenvalue weighted by Gasteiger charge is 2.33. The maximum Gasteiger partial charge on any atom is 0.416 e. The molecule has 0 amide bonds. The number of rotatable bonds is 3. The van der Waals surface area contributed by atoms with Gasteiger partial charge in [-0.05, 0) is 41.6 Å². The van der Waals surface area contributed by atoms with E-state index in [1.165, 1.54) is 6.08 Å². The topological polar surface area (TPSA) is 88.7 Å². The van der Waals surface area contributed by atoms with Crippen LogP contribution in [0.1, 0.15) is 10.4 Å². The van der Waals surface area contributed by atoms with Crippen molar-refractivity contribution in [3.05, 3.63) is 73.0 Å². The van der Waals surface area contributed by atoms with E-state index in [1.807, 2.05) is 0 Å². The Kier molecular flexibility index (Phi) is 4.66. The van der Waals surface area contributed by atoms with Gasteiger partial charge in [0.15, 0.2) is 0 Å². The van der Waals surface area contributed by atoms with Crippen molar-refractivity contribution in [1.29, 1.82) is 0 Å². The van der Waals surface area contributed by atoms with E-state index in [1.54, 1.807) is 30.5 Å². The van der Waals surface area contributed by atoms with Crippen LogP contribution < -0.4 is 15.3 Å². The van der Waals surface area contributed by atoms with Crippen LogP contribution in [-0.4, -0.2) is 23.7 Å². The fourth-order valence-electron chi connectivity index (χ4n) is 2.94. The van der Waals surface area contributed by atoms with E-state index in [0.717, 1.165) is 17.4 Å². The van der Waals surface area contributed by atoms with Crippen LogP contribution in [0, 0.1) is 0 Å². The highest BCUT2D eigenvalue weighted by molar-refractivity contribution is 7.90. The van der Waals surface area contributed by atoms with E-state index in [9.17, 15) is 31.5 Å². The lowest BCUT2D eigenvalue weighted by atomic mass is 10.2. The lowest BCUT2D eigenvalue weighted by Gasteiger charge is -2.10. The lowest BCUT2D eigenvalue weighted by molar-refractivity contribution is -0.137. The molecular formula is C19H11F3N2O4S2. The Labute approximate surface area is 171 Å². The maximum atomic E-state index is 12.9. The van der Waals surface area contributed by atoms with Gasteiger partial charge in [0.05, 0.1) is 21.0 Å². The zero-order valence-corrected chi connectivity index (χ0v) is 16.4. The van der Waals surface area contributed by atoms with Crippen LogP contribution in [0.5, 0.6) is 5.88 Å². The van der Waals surface area contributed by atoms with E-state index in [-0.39, 0.29) is 8.85 Å². The molecule has 0 bridgehead atoms. The Balaban J connectivity index is 1.87. The second-order valence-corrected chi connectivity index (χ2v) is 9.00. The molecule has 0 spiro atoms. The molecule has 0 fully saturated rings. The van der Waals surface area contributed by atoms with Crippen molar-refractivity contribution in [1.82, 2.24) is 3.97 Å². The number of aliphatic imine (C=N–C) groups is 1. The first-order valence-corrected chi connectivity index (χ1v) is 10.6. The summed E-state index contributed by atoms with van der Waals surface area (Å²) >= 11 is 0.458. The van der Waals surface area contributed by atoms with Gasteiger partial charge < -0.3 is 5.11 Å². The number of nitrogens with zero attached hydrogens (tertiary/aromatic N) is 2. The Bertz CT molecular complexity index is 1480. The molecule has 6 nitrogen and oxygen atoms in total. The smallest absolute Gasteiger partial charge is 0.416 e. The summed E-state index contributed by atoms with van der Waals surface area (Å²) in [5.41, 5.74) is -0.514. The number of hydrogen-bond donors (Lipinski definition) is 1. The summed E-state index contributed by atoms with van der Waals surface area (Å²) < 4.78 is 64.6. The van der Waals surface area contributed by atoms with Gasteiger partial charge in [-0.3, -0.25) is 9.79 Å². The predicted octanol–water partition coefficient (Wildman–Crippen LogP) is 2.20. The fraction of sp³-hybridized carbons (Fsp3) is 0.0526. The van der Waals surface area contributed by atoms with Gasteiger partial charge in [-0.25, -0.2) is 8.42 Å². The number of halogens is 3. The van der Waals surface area contributed by atoms with Crippen LogP contribution in [0.3, 0.4) is 0 Å². The van der Waals surface area contributed by atoms with Gasteiger partial charge in [0.2, 0.25) is 5.88 Å². The van der Waals surface area contributed by atoms with E-state index in [2.05, 4.69) is 4.99 Å².